The fourth-order valence-corrected chi connectivity index (χ4v) is 6.63. The van der Waals surface area contributed by atoms with Gasteiger partial charge >= 0.3 is 7.60 Å². The first-order chi connectivity index (χ1) is 21.5. The van der Waals surface area contributed by atoms with E-state index < -0.39 is 56.0 Å². The summed E-state index contributed by atoms with van der Waals surface area (Å²) in [6, 6.07) is 0. The number of carbonyl (C=O) groups excluding carboxylic acids is 2. The standard InChI is InChI=1S/C34H67O10P/c1-3-5-7-9-11-13-15-17-19-21-23-25-30(38)34(32(40)28-36,44-33(29(37)27-35)45(41,42)43)31(39)26-24-22-20-18-16-14-12-10-8-6-4-2/h29,32-33,35-37,40H,3-28H2,1-2H3,(H2,41,42,43)/t29?,32-,33?/m0/s1. The van der Waals surface area contributed by atoms with Crippen LogP contribution in [0.15, 0.2) is 0 Å². The van der Waals surface area contributed by atoms with E-state index in [1.54, 1.807) is 0 Å². The van der Waals surface area contributed by atoms with E-state index >= 15 is 0 Å². The highest BCUT2D eigenvalue weighted by atomic mass is 31.2. The average Bonchev–Trinajstić information content (AvgIpc) is 3.01. The maximum absolute atomic E-state index is 13.6. The molecule has 0 heterocycles. The minimum Gasteiger partial charge on any atom is -0.394 e. The van der Waals surface area contributed by atoms with Gasteiger partial charge in [0.2, 0.25) is 5.60 Å². The number of aliphatic hydroxyl groups is 4. The molecule has 6 N–H and O–H groups in total. The van der Waals surface area contributed by atoms with Crippen LogP contribution in [0.2, 0.25) is 0 Å². The van der Waals surface area contributed by atoms with Crippen molar-refractivity contribution in [2.24, 2.45) is 0 Å². The van der Waals surface area contributed by atoms with Gasteiger partial charge in [-0.3, -0.25) is 14.2 Å². The second-order valence-corrected chi connectivity index (χ2v) is 14.4. The van der Waals surface area contributed by atoms with Crippen LogP contribution >= 0.6 is 7.60 Å². The van der Waals surface area contributed by atoms with Gasteiger partial charge in [0.1, 0.15) is 12.2 Å². The number of ketones is 2. The molecule has 268 valence electrons. The third kappa shape index (κ3) is 19.0. The van der Waals surface area contributed by atoms with Crippen molar-refractivity contribution in [1.82, 2.24) is 0 Å². The Morgan fingerprint density at radius 3 is 1.16 bits per heavy atom. The van der Waals surface area contributed by atoms with Gasteiger partial charge in [0.25, 0.3) is 0 Å². The van der Waals surface area contributed by atoms with Gasteiger partial charge in [-0.1, -0.05) is 142 Å². The zero-order valence-electron chi connectivity index (χ0n) is 28.4. The molecule has 0 aromatic rings. The maximum Gasteiger partial charge on any atom is 0.356 e. The predicted molar refractivity (Wildman–Crippen MR) is 178 cm³/mol. The van der Waals surface area contributed by atoms with E-state index in [4.69, 9.17) is 4.74 Å². The SMILES string of the molecule is CCCCCCCCCCCCCC(=O)C(OC(C(O)CO)P(=O)(O)O)(C(=O)CCCCCCCCCCCCC)[C@@H](O)CO. The number of aliphatic hydroxyl groups excluding tert-OH is 4. The lowest BCUT2D eigenvalue weighted by molar-refractivity contribution is -0.190. The zero-order valence-corrected chi connectivity index (χ0v) is 29.3. The Hall–Kier alpha value is -0.710. The van der Waals surface area contributed by atoms with Crippen LogP contribution in [-0.2, 0) is 18.9 Å². The zero-order chi connectivity index (χ0) is 34.0. The molecule has 0 aliphatic heterocycles. The lowest BCUT2D eigenvalue weighted by Crippen LogP contribution is -2.61. The van der Waals surface area contributed by atoms with E-state index in [0.717, 1.165) is 51.4 Å². The summed E-state index contributed by atoms with van der Waals surface area (Å²) in [5.41, 5.74) is -2.77. The number of unbranched alkanes of at least 4 members (excludes halogenated alkanes) is 20. The summed E-state index contributed by atoms with van der Waals surface area (Å²) in [6.07, 6.45) is 18.1. The van der Waals surface area contributed by atoms with Gasteiger partial charge in [-0.15, -0.1) is 0 Å². The molecule has 0 rings (SSSR count). The van der Waals surface area contributed by atoms with Crippen molar-refractivity contribution in [3.05, 3.63) is 0 Å². The largest absolute Gasteiger partial charge is 0.394 e. The molecule has 0 amide bonds. The Bertz CT molecular complexity index is 749. The molecule has 0 aliphatic rings. The molecule has 0 bridgehead atoms. The van der Waals surface area contributed by atoms with Gasteiger partial charge in [0.15, 0.2) is 17.4 Å². The fraction of sp³-hybridized carbons (Fsp3) is 0.941. The third-order valence-corrected chi connectivity index (χ3v) is 9.75. The van der Waals surface area contributed by atoms with Crippen LogP contribution in [0, 0.1) is 0 Å². The van der Waals surface area contributed by atoms with Crippen molar-refractivity contribution in [3.63, 3.8) is 0 Å². The molecule has 0 spiro atoms. The number of carbonyl (C=O) groups is 2. The summed E-state index contributed by atoms with van der Waals surface area (Å²) < 4.78 is 17.7. The molecular formula is C34H67O10P. The van der Waals surface area contributed by atoms with Crippen molar-refractivity contribution < 1.29 is 49.1 Å². The summed E-state index contributed by atoms with van der Waals surface area (Å²) in [6.45, 7) is 2.20. The predicted octanol–water partition coefficient (Wildman–Crippen LogP) is 6.49. The molecule has 0 aliphatic carbocycles. The quantitative estimate of drug-likeness (QED) is 0.0257. The molecule has 0 radical (unpaired) electrons. The van der Waals surface area contributed by atoms with E-state index in [9.17, 15) is 44.4 Å². The van der Waals surface area contributed by atoms with Crippen LogP contribution in [0.4, 0.5) is 0 Å². The second kappa shape index (κ2) is 27.3. The molecular weight excluding hydrogens is 599 g/mol. The van der Waals surface area contributed by atoms with Gasteiger partial charge in [-0.25, -0.2) is 0 Å². The summed E-state index contributed by atoms with van der Waals surface area (Å²) in [5.74, 6) is -4.22. The molecule has 2 unspecified atom stereocenters. The monoisotopic (exact) mass is 666 g/mol. The first kappa shape index (κ1) is 44.3. The maximum atomic E-state index is 13.6. The lowest BCUT2D eigenvalue weighted by Gasteiger charge is -2.38. The number of hydrogen-bond donors (Lipinski definition) is 6. The molecule has 11 heteroatoms. The Morgan fingerprint density at radius 2 is 0.889 bits per heavy atom. The van der Waals surface area contributed by atoms with Crippen LogP contribution in [0.3, 0.4) is 0 Å². The van der Waals surface area contributed by atoms with E-state index in [1.807, 2.05) is 0 Å². The Labute approximate surface area is 272 Å². The van der Waals surface area contributed by atoms with Crippen molar-refractivity contribution >= 4 is 19.2 Å². The Kier molecular flexibility index (Phi) is 26.8. The molecule has 0 saturated heterocycles. The van der Waals surface area contributed by atoms with Crippen LogP contribution in [-0.4, -0.2) is 78.6 Å². The van der Waals surface area contributed by atoms with Crippen molar-refractivity contribution in [1.29, 1.82) is 0 Å². The van der Waals surface area contributed by atoms with E-state index in [0.29, 0.717) is 25.7 Å². The summed E-state index contributed by atoms with van der Waals surface area (Å²) in [4.78, 5) is 47.0. The first-order valence-electron chi connectivity index (χ1n) is 17.9. The van der Waals surface area contributed by atoms with Gasteiger partial charge in [-0.2, -0.15) is 0 Å². The first-order valence-corrected chi connectivity index (χ1v) is 19.6. The Morgan fingerprint density at radius 1 is 0.578 bits per heavy atom. The summed E-state index contributed by atoms with van der Waals surface area (Å²) in [5, 5.41) is 40.2. The topological polar surface area (TPSA) is 182 Å². The average molecular weight is 667 g/mol. The smallest absolute Gasteiger partial charge is 0.356 e. The molecule has 0 aromatic carbocycles. The lowest BCUT2D eigenvalue weighted by atomic mass is 9.82. The molecule has 3 atom stereocenters. The molecule has 0 fully saturated rings. The summed E-state index contributed by atoms with van der Waals surface area (Å²) >= 11 is 0. The third-order valence-electron chi connectivity index (χ3n) is 8.64. The number of hydrogen-bond acceptors (Lipinski definition) is 8. The molecule has 45 heavy (non-hydrogen) atoms. The van der Waals surface area contributed by atoms with Gasteiger partial charge in [-0.05, 0) is 12.8 Å². The minimum atomic E-state index is -5.32. The van der Waals surface area contributed by atoms with Crippen LogP contribution in [0.1, 0.15) is 168 Å². The highest BCUT2D eigenvalue weighted by molar-refractivity contribution is 7.52. The van der Waals surface area contributed by atoms with Crippen LogP contribution in [0.5, 0.6) is 0 Å². The summed E-state index contributed by atoms with van der Waals surface area (Å²) in [7, 11) is -5.32. The number of rotatable bonds is 33. The van der Waals surface area contributed by atoms with Crippen molar-refractivity contribution in [2.75, 3.05) is 13.2 Å². The number of ether oxygens (including phenoxy) is 1. The normalized spacial score (nSPS) is 14.4. The van der Waals surface area contributed by atoms with Crippen LogP contribution in [0.25, 0.3) is 0 Å². The highest BCUT2D eigenvalue weighted by Gasteiger charge is 2.56. The van der Waals surface area contributed by atoms with E-state index in [1.165, 1.54) is 64.2 Å². The van der Waals surface area contributed by atoms with Gasteiger partial charge < -0.3 is 34.9 Å². The fourth-order valence-electron chi connectivity index (χ4n) is 5.79. The highest BCUT2D eigenvalue weighted by Crippen LogP contribution is 2.46. The minimum absolute atomic E-state index is 0.207. The van der Waals surface area contributed by atoms with Crippen molar-refractivity contribution in [2.45, 2.75) is 192 Å². The van der Waals surface area contributed by atoms with E-state index in [-0.39, 0.29) is 12.8 Å². The molecule has 10 nitrogen and oxygen atoms in total. The Balaban J connectivity index is 5.29. The molecule has 0 saturated carbocycles. The van der Waals surface area contributed by atoms with Gasteiger partial charge in [0.05, 0.1) is 13.2 Å². The van der Waals surface area contributed by atoms with Crippen LogP contribution < -0.4 is 0 Å². The number of Topliss-reactive ketones (excluding diaryl/α,β-unsaturated/α-hetero) is 2. The second-order valence-electron chi connectivity index (χ2n) is 12.7. The molecule has 0 aromatic heterocycles. The van der Waals surface area contributed by atoms with Gasteiger partial charge in [0, 0.05) is 12.8 Å². The van der Waals surface area contributed by atoms with E-state index in [2.05, 4.69) is 13.8 Å². The van der Waals surface area contributed by atoms with Crippen molar-refractivity contribution in [3.8, 4) is 0 Å².